The number of benzene rings is 2. The zero-order valence-electron chi connectivity index (χ0n) is 16.9. The summed E-state index contributed by atoms with van der Waals surface area (Å²) in [5.41, 5.74) is 3.99. The number of aromatic nitrogens is 2. The number of nitrogens with zero attached hydrogens (tertiary/aromatic N) is 3. The van der Waals surface area contributed by atoms with Crippen molar-refractivity contribution in [1.29, 1.82) is 0 Å². The Morgan fingerprint density at radius 1 is 1.10 bits per heavy atom. The fourth-order valence-electron chi connectivity index (χ4n) is 3.77. The molecule has 1 aliphatic rings. The number of imidazole rings is 1. The van der Waals surface area contributed by atoms with E-state index < -0.39 is 0 Å². The molecule has 7 heteroatoms. The SMILES string of the molecule is O=C(c1cnc[nH]1)N1CCN(Cc2ccccc2)CCCNc2ccc(Br)cc2C1. The molecular weight excluding hydrogens is 442 g/mol. The van der Waals surface area contributed by atoms with Gasteiger partial charge in [0.15, 0.2) is 0 Å². The number of hydrogen-bond acceptors (Lipinski definition) is 4. The van der Waals surface area contributed by atoms with Gasteiger partial charge < -0.3 is 15.2 Å². The monoisotopic (exact) mass is 467 g/mol. The summed E-state index contributed by atoms with van der Waals surface area (Å²) in [5, 5.41) is 3.56. The van der Waals surface area contributed by atoms with Gasteiger partial charge in [0.2, 0.25) is 0 Å². The Labute approximate surface area is 185 Å². The molecule has 2 aromatic carbocycles. The van der Waals surface area contributed by atoms with E-state index in [0.717, 1.165) is 48.3 Å². The molecule has 0 saturated carbocycles. The Morgan fingerprint density at radius 3 is 2.77 bits per heavy atom. The van der Waals surface area contributed by atoms with Crippen LogP contribution in [0.15, 0.2) is 65.5 Å². The lowest BCUT2D eigenvalue weighted by Crippen LogP contribution is -2.38. The quantitative estimate of drug-likeness (QED) is 0.607. The molecule has 0 unspecified atom stereocenters. The van der Waals surface area contributed by atoms with Gasteiger partial charge in [0.05, 0.1) is 12.5 Å². The lowest BCUT2D eigenvalue weighted by Gasteiger charge is -2.27. The summed E-state index contributed by atoms with van der Waals surface area (Å²) in [6.07, 6.45) is 4.18. The minimum Gasteiger partial charge on any atom is -0.385 e. The molecule has 30 heavy (non-hydrogen) atoms. The maximum Gasteiger partial charge on any atom is 0.272 e. The number of rotatable bonds is 3. The number of hydrogen-bond donors (Lipinski definition) is 2. The average molecular weight is 468 g/mol. The van der Waals surface area contributed by atoms with Crippen molar-refractivity contribution >= 4 is 27.5 Å². The molecule has 0 aliphatic carbocycles. The largest absolute Gasteiger partial charge is 0.385 e. The van der Waals surface area contributed by atoms with E-state index in [0.29, 0.717) is 18.8 Å². The van der Waals surface area contributed by atoms with Gasteiger partial charge in [0.25, 0.3) is 5.91 Å². The van der Waals surface area contributed by atoms with Gasteiger partial charge in [-0.1, -0.05) is 46.3 Å². The van der Waals surface area contributed by atoms with Crippen LogP contribution in [0.3, 0.4) is 0 Å². The summed E-state index contributed by atoms with van der Waals surface area (Å²) in [6, 6.07) is 16.7. The molecule has 6 nitrogen and oxygen atoms in total. The van der Waals surface area contributed by atoms with Gasteiger partial charge in [-0.2, -0.15) is 0 Å². The number of halogens is 1. The predicted octanol–water partition coefficient (Wildman–Crippen LogP) is 4.13. The lowest BCUT2D eigenvalue weighted by atomic mass is 10.1. The van der Waals surface area contributed by atoms with E-state index in [1.54, 1.807) is 12.5 Å². The molecule has 2 heterocycles. The van der Waals surface area contributed by atoms with E-state index in [1.807, 2.05) is 17.0 Å². The van der Waals surface area contributed by atoms with Crippen LogP contribution in [-0.4, -0.2) is 51.9 Å². The van der Waals surface area contributed by atoms with Gasteiger partial charge in [-0.3, -0.25) is 9.69 Å². The molecule has 3 aromatic rings. The number of carbonyl (C=O) groups excluding carboxylic acids is 1. The second kappa shape index (κ2) is 9.91. The average Bonchev–Trinajstić information content (AvgIpc) is 3.28. The molecule has 0 bridgehead atoms. The van der Waals surface area contributed by atoms with Gasteiger partial charge in [-0.15, -0.1) is 0 Å². The van der Waals surface area contributed by atoms with Crippen LogP contribution < -0.4 is 5.32 Å². The number of carbonyl (C=O) groups is 1. The van der Waals surface area contributed by atoms with Crippen LogP contribution in [0.2, 0.25) is 0 Å². The van der Waals surface area contributed by atoms with Gasteiger partial charge in [0, 0.05) is 49.4 Å². The lowest BCUT2D eigenvalue weighted by molar-refractivity contribution is 0.0715. The van der Waals surface area contributed by atoms with Gasteiger partial charge in [-0.05, 0) is 35.7 Å². The molecule has 0 spiro atoms. The molecule has 0 fully saturated rings. The molecule has 1 aliphatic heterocycles. The van der Waals surface area contributed by atoms with Crippen molar-refractivity contribution in [2.45, 2.75) is 19.5 Å². The summed E-state index contributed by atoms with van der Waals surface area (Å²) < 4.78 is 1.01. The first-order chi connectivity index (χ1) is 14.7. The van der Waals surface area contributed by atoms with Crippen molar-refractivity contribution < 1.29 is 4.79 Å². The second-order valence-electron chi connectivity index (χ2n) is 7.54. The van der Waals surface area contributed by atoms with E-state index in [4.69, 9.17) is 0 Å². The number of anilines is 1. The van der Waals surface area contributed by atoms with Gasteiger partial charge in [-0.25, -0.2) is 4.98 Å². The van der Waals surface area contributed by atoms with E-state index >= 15 is 0 Å². The van der Waals surface area contributed by atoms with Crippen molar-refractivity contribution in [1.82, 2.24) is 19.8 Å². The van der Waals surface area contributed by atoms with Crippen LogP contribution >= 0.6 is 15.9 Å². The normalized spacial score (nSPS) is 15.7. The fraction of sp³-hybridized carbons (Fsp3) is 0.304. The third kappa shape index (κ3) is 5.29. The maximum atomic E-state index is 13.2. The first-order valence-electron chi connectivity index (χ1n) is 10.3. The van der Waals surface area contributed by atoms with Crippen LogP contribution in [0.4, 0.5) is 5.69 Å². The highest BCUT2D eigenvalue weighted by molar-refractivity contribution is 9.10. The Bertz CT molecular complexity index is 961. The minimum absolute atomic E-state index is 0.0302. The molecule has 1 amide bonds. The first kappa shape index (κ1) is 20.6. The number of fused-ring (bicyclic) bond motifs is 1. The highest BCUT2D eigenvalue weighted by atomic mass is 79.9. The summed E-state index contributed by atoms with van der Waals surface area (Å²) in [5.74, 6) is -0.0302. The Balaban J connectivity index is 1.58. The highest BCUT2D eigenvalue weighted by Gasteiger charge is 2.21. The second-order valence-corrected chi connectivity index (χ2v) is 8.45. The van der Waals surface area contributed by atoms with Crippen LogP contribution in [-0.2, 0) is 13.1 Å². The third-order valence-corrected chi connectivity index (χ3v) is 5.84. The Morgan fingerprint density at radius 2 is 1.97 bits per heavy atom. The molecule has 4 rings (SSSR count). The standard InChI is InChI=1S/C23H26BrN5O/c24-20-7-8-21-19(13-20)16-29(23(30)22-14-25-17-27-22)12-11-28(10-4-9-26-21)15-18-5-2-1-3-6-18/h1-3,5-8,13-14,17,26H,4,9-12,15-16H2,(H,25,27). The molecule has 0 saturated heterocycles. The van der Waals surface area contributed by atoms with Crippen molar-refractivity contribution in [3.63, 3.8) is 0 Å². The number of H-pyrrole nitrogens is 1. The van der Waals surface area contributed by atoms with Gasteiger partial charge >= 0.3 is 0 Å². The number of aromatic amines is 1. The van der Waals surface area contributed by atoms with Crippen molar-refractivity contribution in [3.05, 3.63) is 82.3 Å². The molecule has 156 valence electrons. The Kier molecular flexibility index (Phi) is 6.81. The van der Waals surface area contributed by atoms with Crippen molar-refractivity contribution in [2.75, 3.05) is 31.5 Å². The van der Waals surface area contributed by atoms with Gasteiger partial charge in [0.1, 0.15) is 5.69 Å². The van der Waals surface area contributed by atoms with E-state index in [1.165, 1.54) is 5.56 Å². The first-order valence-corrected chi connectivity index (χ1v) is 11.0. The third-order valence-electron chi connectivity index (χ3n) is 5.35. The summed E-state index contributed by atoms with van der Waals surface area (Å²) >= 11 is 3.57. The maximum absolute atomic E-state index is 13.2. The van der Waals surface area contributed by atoms with Crippen LogP contribution in [0, 0.1) is 0 Å². The Hall–Kier alpha value is -2.64. The van der Waals surface area contributed by atoms with Crippen molar-refractivity contribution in [2.24, 2.45) is 0 Å². The van der Waals surface area contributed by atoms with Crippen LogP contribution in [0.25, 0.3) is 0 Å². The number of amides is 1. The van der Waals surface area contributed by atoms with Crippen molar-refractivity contribution in [3.8, 4) is 0 Å². The molecule has 0 radical (unpaired) electrons. The molecular formula is C23H26BrN5O. The zero-order chi connectivity index (χ0) is 20.8. The van der Waals surface area contributed by atoms with E-state index in [9.17, 15) is 4.79 Å². The topological polar surface area (TPSA) is 64.3 Å². The molecule has 1 aromatic heterocycles. The van der Waals surface area contributed by atoms with E-state index in [2.05, 4.69) is 72.5 Å². The number of nitrogens with one attached hydrogen (secondary N) is 2. The van der Waals surface area contributed by atoms with E-state index in [-0.39, 0.29) is 5.91 Å². The molecule has 2 N–H and O–H groups in total. The van der Waals surface area contributed by atoms with Crippen LogP contribution in [0.5, 0.6) is 0 Å². The smallest absolute Gasteiger partial charge is 0.272 e. The zero-order valence-corrected chi connectivity index (χ0v) is 18.4. The summed E-state index contributed by atoms with van der Waals surface area (Å²) in [4.78, 5) is 24.5. The summed E-state index contributed by atoms with van der Waals surface area (Å²) in [6.45, 7) is 4.76. The molecule has 0 atom stereocenters. The van der Waals surface area contributed by atoms with Crippen LogP contribution in [0.1, 0.15) is 28.0 Å². The fourth-order valence-corrected chi connectivity index (χ4v) is 4.17. The minimum atomic E-state index is -0.0302. The predicted molar refractivity (Wildman–Crippen MR) is 122 cm³/mol. The summed E-state index contributed by atoms with van der Waals surface area (Å²) in [7, 11) is 0. The highest BCUT2D eigenvalue weighted by Crippen LogP contribution is 2.24.